The first-order chi connectivity index (χ1) is 8.63. The van der Waals surface area contributed by atoms with Crippen molar-refractivity contribution in [1.82, 2.24) is 5.32 Å². The molecule has 6 heteroatoms. The lowest BCUT2D eigenvalue weighted by Gasteiger charge is -2.10. The molecule has 0 saturated carbocycles. The van der Waals surface area contributed by atoms with E-state index in [1.54, 1.807) is 6.07 Å². The summed E-state index contributed by atoms with van der Waals surface area (Å²) >= 11 is 0. The van der Waals surface area contributed by atoms with Crippen LogP contribution in [0.1, 0.15) is 18.9 Å². The molecule has 0 amide bonds. The van der Waals surface area contributed by atoms with Crippen LogP contribution in [0.5, 0.6) is 11.5 Å². The van der Waals surface area contributed by atoms with Gasteiger partial charge in [0.05, 0.1) is 19.1 Å². The van der Waals surface area contributed by atoms with Crippen molar-refractivity contribution in [3.63, 3.8) is 0 Å². The first kappa shape index (κ1) is 14.2. The molecule has 0 aliphatic heterocycles. The molecule has 0 unspecified atom stereocenters. The Balaban J connectivity index is 3.07. The third kappa shape index (κ3) is 3.33. The highest BCUT2D eigenvalue weighted by Crippen LogP contribution is 2.37. The minimum Gasteiger partial charge on any atom is -0.493 e. The molecule has 1 N–H and O–H groups in total. The van der Waals surface area contributed by atoms with Gasteiger partial charge in [0.25, 0.3) is 0 Å². The van der Waals surface area contributed by atoms with Crippen molar-refractivity contribution >= 4 is 5.69 Å². The van der Waals surface area contributed by atoms with Crippen molar-refractivity contribution in [3.05, 3.63) is 27.8 Å². The maximum absolute atomic E-state index is 11.0. The van der Waals surface area contributed by atoms with Gasteiger partial charge in [-0.1, -0.05) is 6.92 Å². The van der Waals surface area contributed by atoms with Gasteiger partial charge in [-0.2, -0.15) is 0 Å². The molecule has 1 rings (SSSR count). The van der Waals surface area contributed by atoms with E-state index < -0.39 is 4.92 Å². The minimum absolute atomic E-state index is 0.0786. The smallest absolute Gasteiger partial charge is 0.315 e. The van der Waals surface area contributed by atoms with E-state index in [0.29, 0.717) is 12.3 Å². The SMILES string of the molecule is CCCNCc1cc(OC)c(OC)c([N+](=O)[O-])c1. The first-order valence-corrected chi connectivity index (χ1v) is 5.74. The quantitative estimate of drug-likeness (QED) is 0.458. The van der Waals surface area contributed by atoms with Crippen molar-refractivity contribution in [2.45, 2.75) is 19.9 Å². The normalized spacial score (nSPS) is 10.2. The van der Waals surface area contributed by atoms with Crippen molar-refractivity contribution < 1.29 is 14.4 Å². The zero-order valence-electron chi connectivity index (χ0n) is 10.9. The van der Waals surface area contributed by atoms with Crippen molar-refractivity contribution in [2.75, 3.05) is 20.8 Å². The number of nitrogens with one attached hydrogen (secondary N) is 1. The highest BCUT2D eigenvalue weighted by atomic mass is 16.6. The minimum atomic E-state index is -0.468. The van der Waals surface area contributed by atoms with E-state index in [1.165, 1.54) is 20.3 Å². The Labute approximate surface area is 106 Å². The highest BCUT2D eigenvalue weighted by molar-refractivity contribution is 5.58. The molecule has 0 fully saturated rings. The average molecular weight is 254 g/mol. The van der Waals surface area contributed by atoms with E-state index >= 15 is 0 Å². The Morgan fingerprint density at radius 1 is 1.33 bits per heavy atom. The molecule has 0 spiro atoms. The van der Waals surface area contributed by atoms with E-state index in [0.717, 1.165) is 18.5 Å². The maximum atomic E-state index is 11.0. The summed E-state index contributed by atoms with van der Waals surface area (Å²) in [4.78, 5) is 10.5. The van der Waals surface area contributed by atoms with Gasteiger partial charge in [-0.25, -0.2) is 0 Å². The Bertz CT molecular complexity index is 421. The Morgan fingerprint density at radius 3 is 2.56 bits per heavy atom. The summed E-state index contributed by atoms with van der Waals surface area (Å²) < 4.78 is 10.1. The van der Waals surface area contributed by atoms with Crippen molar-refractivity contribution in [2.24, 2.45) is 0 Å². The second-order valence-electron chi connectivity index (χ2n) is 3.78. The predicted molar refractivity (Wildman–Crippen MR) is 68.2 cm³/mol. The van der Waals surface area contributed by atoms with E-state index in [-0.39, 0.29) is 11.4 Å². The third-order valence-electron chi connectivity index (χ3n) is 2.47. The molecule has 0 atom stereocenters. The fourth-order valence-corrected chi connectivity index (χ4v) is 1.65. The molecular formula is C12H18N2O4. The lowest BCUT2D eigenvalue weighted by Crippen LogP contribution is -2.14. The molecule has 100 valence electrons. The van der Waals surface area contributed by atoms with E-state index in [9.17, 15) is 10.1 Å². The van der Waals surface area contributed by atoms with Crippen LogP contribution in [0.25, 0.3) is 0 Å². The monoisotopic (exact) mass is 254 g/mol. The van der Waals surface area contributed by atoms with Crippen LogP contribution in [0.4, 0.5) is 5.69 Å². The highest BCUT2D eigenvalue weighted by Gasteiger charge is 2.21. The van der Waals surface area contributed by atoms with Crippen LogP contribution in [0, 0.1) is 10.1 Å². The Hall–Kier alpha value is -1.82. The second kappa shape index (κ2) is 6.80. The standard InChI is InChI=1S/C12H18N2O4/c1-4-5-13-8-9-6-10(14(15)16)12(18-3)11(7-9)17-2/h6-7,13H,4-5,8H2,1-3H3. The zero-order chi connectivity index (χ0) is 13.5. The number of nitrogens with zero attached hydrogens (tertiary/aromatic N) is 1. The van der Waals surface area contributed by atoms with Gasteiger partial charge in [-0.15, -0.1) is 0 Å². The molecule has 0 aliphatic carbocycles. The Kier molecular flexibility index (Phi) is 5.38. The van der Waals surface area contributed by atoms with Gasteiger partial charge in [0.2, 0.25) is 5.75 Å². The number of ether oxygens (including phenoxy) is 2. The Morgan fingerprint density at radius 2 is 2.06 bits per heavy atom. The molecule has 0 aromatic heterocycles. The molecule has 0 saturated heterocycles. The summed E-state index contributed by atoms with van der Waals surface area (Å²) in [7, 11) is 2.85. The summed E-state index contributed by atoms with van der Waals surface area (Å²) in [5.41, 5.74) is 0.720. The van der Waals surface area contributed by atoms with Crippen LogP contribution >= 0.6 is 0 Å². The van der Waals surface area contributed by atoms with E-state index in [1.807, 2.05) is 0 Å². The molecule has 0 bridgehead atoms. The van der Waals surface area contributed by atoms with E-state index in [2.05, 4.69) is 12.2 Å². The summed E-state index contributed by atoms with van der Waals surface area (Å²) in [6.07, 6.45) is 1.01. The molecular weight excluding hydrogens is 236 g/mol. The van der Waals surface area contributed by atoms with Crippen molar-refractivity contribution in [3.8, 4) is 11.5 Å². The molecule has 0 radical (unpaired) electrons. The van der Waals surface area contributed by atoms with Crippen LogP contribution in [-0.2, 0) is 6.54 Å². The molecule has 1 aromatic rings. The van der Waals surface area contributed by atoms with Gasteiger partial charge < -0.3 is 14.8 Å². The third-order valence-corrected chi connectivity index (χ3v) is 2.47. The van der Waals surface area contributed by atoms with Gasteiger partial charge in [-0.3, -0.25) is 10.1 Å². The summed E-state index contributed by atoms with van der Waals surface area (Å²) in [6.45, 7) is 3.49. The largest absolute Gasteiger partial charge is 0.493 e. The van der Waals surface area contributed by atoms with Gasteiger partial charge in [0.15, 0.2) is 5.75 Å². The molecule has 6 nitrogen and oxygen atoms in total. The van der Waals surface area contributed by atoms with E-state index in [4.69, 9.17) is 9.47 Å². The topological polar surface area (TPSA) is 73.6 Å². The van der Waals surface area contributed by atoms with Crippen LogP contribution in [0.3, 0.4) is 0 Å². The number of benzene rings is 1. The summed E-state index contributed by atoms with van der Waals surface area (Å²) in [6, 6.07) is 3.25. The number of nitro groups is 1. The van der Waals surface area contributed by atoms with Gasteiger partial charge in [0, 0.05) is 12.6 Å². The second-order valence-corrected chi connectivity index (χ2v) is 3.78. The van der Waals surface area contributed by atoms with Gasteiger partial charge >= 0.3 is 5.69 Å². The van der Waals surface area contributed by atoms with Crippen LogP contribution in [-0.4, -0.2) is 25.7 Å². The van der Waals surface area contributed by atoms with Crippen molar-refractivity contribution in [1.29, 1.82) is 0 Å². The van der Waals surface area contributed by atoms with Gasteiger partial charge in [0.1, 0.15) is 0 Å². The number of rotatable bonds is 7. The summed E-state index contributed by atoms with van der Waals surface area (Å²) in [5, 5.41) is 14.2. The average Bonchev–Trinajstić information content (AvgIpc) is 2.37. The molecule has 0 heterocycles. The van der Waals surface area contributed by atoms with Crippen LogP contribution < -0.4 is 14.8 Å². The molecule has 18 heavy (non-hydrogen) atoms. The molecule has 0 aliphatic rings. The predicted octanol–water partition coefficient (Wildman–Crippen LogP) is 2.11. The maximum Gasteiger partial charge on any atom is 0.315 e. The number of hydrogen-bond donors (Lipinski definition) is 1. The van der Waals surface area contributed by atoms with Crippen LogP contribution in [0.15, 0.2) is 12.1 Å². The fourth-order valence-electron chi connectivity index (χ4n) is 1.65. The number of hydrogen-bond acceptors (Lipinski definition) is 5. The lowest BCUT2D eigenvalue weighted by molar-refractivity contribution is -0.385. The number of methoxy groups -OCH3 is 2. The van der Waals surface area contributed by atoms with Crippen LogP contribution in [0.2, 0.25) is 0 Å². The molecule has 1 aromatic carbocycles. The first-order valence-electron chi connectivity index (χ1n) is 5.74. The van der Waals surface area contributed by atoms with Gasteiger partial charge in [-0.05, 0) is 24.6 Å². The summed E-state index contributed by atoms with van der Waals surface area (Å²) in [5.74, 6) is 0.529. The zero-order valence-corrected chi connectivity index (χ0v) is 10.9. The lowest BCUT2D eigenvalue weighted by atomic mass is 10.1. The fraction of sp³-hybridized carbons (Fsp3) is 0.500. The number of nitro benzene ring substituents is 1.